The number of aliphatic hydroxyl groups is 1. The van der Waals surface area contributed by atoms with Crippen LogP contribution in [0.4, 0.5) is 0 Å². The van der Waals surface area contributed by atoms with E-state index in [9.17, 15) is 5.11 Å². The summed E-state index contributed by atoms with van der Waals surface area (Å²) in [6.07, 6.45) is 0.724. The van der Waals surface area contributed by atoms with Gasteiger partial charge in [0.2, 0.25) is 0 Å². The summed E-state index contributed by atoms with van der Waals surface area (Å²) in [6.45, 7) is 9.57. The first kappa shape index (κ1) is 14.5. The van der Waals surface area contributed by atoms with Gasteiger partial charge in [0, 0.05) is 19.6 Å². The van der Waals surface area contributed by atoms with Gasteiger partial charge in [0.05, 0.1) is 18.8 Å². The fourth-order valence-electron chi connectivity index (χ4n) is 2.67. The minimum atomic E-state index is -0.224. The summed E-state index contributed by atoms with van der Waals surface area (Å²) in [7, 11) is 0. The summed E-state index contributed by atoms with van der Waals surface area (Å²) in [5, 5.41) is 9.78. The minimum Gasteiger partial charge on any atom is -0.392 e. The first-order valence-corrected chi connectivity index (χ1v) is 7.19. The highest BCUT2D eigenvalue weighted by molar-refractivity contribution is 5.32. The van der Waals surface area contributed by atoms with Crippen LogP contribution in [0.1, 0.15) is 36.1 Å². The molecule has 3 heteroatoms. The minimum absolute atomic E-state index is 0.137. The zero-order valence-electron chi connectivity index (χ0n) is 12.2. The molecule has 1 N–H and O–H groups in total. The highest BCUT2D eigenvalue weighted by Gasteiger charge is 2.24. The molecule has 1 saturated heterocycles. The number of nitrogens with zero attached hydrogens (tertiary/aromatic N) is 1. The molecule has 19 heavy (non-hydrogen) atoms. The zero-order chi connectivity index (χ0) is 13.8. The molecule has 1 aromatic rings. The number of rotatable bonds is 4. The normalized spacial score (nSPS) is 22.4. The lowest BCUT2D eigenvalue weighted by atomic mass is 10.00. The second kappa shape index (κ2) is 6.51. The Morgan fingerprint density at radius 1 is 1.42 bits per heavy atom. The van der Waals surface area contributed by atoms with Crippen molar-refractivity contribution in [3.05, 3.63) is 34.9 Å². The summed E-state index contributed by atoms with van der Waals surface area (Å²) >= 11 is 0. The highest BCUT2D eigenvalue weighted by Crippen LogP contribution is 2.25. The second-order valence-corrected chi connectivity index (χ2v) is 5.54. The van der Waals surface area contributed by atoms with E-state index in [1.165, 1.54) is 16.7 Å². The molecule has 0 bridgehead atoms. The average Bonchev–Trinajstić information content (AvgIpc) is 2.39. The highest BCUT2D eigenvalue weighted by atomic mass is 16.5. The molecule has 1 aromatic carbocycles. The van der Waals surface area contributed by atoms with Crippen molar-refractivity contribution in [3.8, 4) is 0 Å². The summed E-state index contributed by atoms with van der Waals surface area (Å²) in [6, 6.07) is 6.53. The monoisotopic (exact) mass is 263 g/mol. The molecule has 0 spiro atoms. The molecule has 1 fully saturated rings. The average molecular weight is 263 g/mol. The predicted molar refractivity (Wildman–Crippen MR) is 77.3 cm³/mol. The van der Waals surface area contributed by atoms with E-state index in [-0.39, 0.29) is 12.2 Å². The van der Waals surface area contributed by atoms with Crippen molar-refractivity contribution in [2.24, 2.45) is 0 Å². The van der Waals surface area contributed by atoms with Crippen LogP contribution >= 0.6 is 0 Å². The van der Waals surface area contributed by atoms with Crippen LogP contribution in [-0.2, 0) is 4.74 Å². The molecule has 0 saturated carbocycles. The van der Waals surface area contributed by atoms with Gasteiger partial charge in [-0.05, 0) is 31.4 Å². The quantitative estimate of drug-likeness (QED) is 0.905. The van der Waals surface area contributed by atoms with Crippen molar-refractivity contribution in [1.29, 1.82) is 0 Å². The number of morpholine rings is 1. The lowest BCUT2D eigenvalue weighted by Gasteiger charge is -2.34. The Kier molecular flexibility index (Phi) is 4.97. The molecular weight excluding hydrogens is 238 g/mol. The number of hydrogen-bond acceptors (Lipinski definition) is 3. The van der Waals surface area contributed by atoms with Crippen LogP contribution in [0, 0.1) is 13.8 Å². The third-order valence-corrected chi connectivity index (χ3v) is 3.86. The maximum Gasteiger partial charge on any atom is 0.0954 e. The van der Waals surface area contributed by atoms with E-state index in [0.29, 0.717) is 0 Å². The van der Waals surface area contributed by atoms with Gasteiger partial charge in [0.1, 0.15) is 0 Å². The molecule has 2 atom stereocenters. The van der Waals surface area contributed by atoms with Crippen molar-refractivity contribution in [2.45, 2.75) is 39.4 Å². The van der Waals surface area contributed by atoms with Gasteiger partial charge in [-0.15, -0.1) is 0 Å². The van der Waals surface area contributed by atoms with Crippen LogP contribution < -0.4 is 0 Å². The van der Waals surface area contributed by atoms with E-state index < -0.39 is 0 Å². The van der Waals surface area contributed by atoms with Gasteiger partial charge < -0.3 is 9.84 Å². The van der Waals surface area contributed by atoms with Crippen molar-refractivity contribution in [1.82, 2.24) is 4.90 Å². The molecule has 0 amide bonds. The molecule has 0 aliphatic carbocycles. The van der Waals surface area contributed by atoms with Crippen molar-refractivity contribution >= 4 is 0 Å². The Balaban J connectivity index is 2.04. The van der Waals surface area contributed by atoms with Crippen LogP contribution in [0.15, 0.2) is 18.2 Å². The molecule has 0 aromatic heterocycles. The molecular formula is C16H25NO2. The fourth-order valence-corrected chi connectivity index (χ4v) is 2.67. The van der Waals surface area contributed by atoms with Crippen LogP contribution in [0.5, 0.6) is 0 Å². The Labute approximate surface area is 116 Å². The smallest absolute Gasteiger partial charge is 0.0954 e. The summed E-state index contributed by atoms with van der Waals surface area (Å²) in [5.41, 5.74) is 3.86. The van der Waals surface area contributed by atoms with Gasteiger partial charge in [0.15, 0.2) is 0 Å². The number of ether oxygens (including phenoxy) is 1. The molecule has 0 radical (unpaired) electrons. The van der Waals surface area contributed by atoms with Crippen molar-refractivity contribution in [3.63, 3.8) is 0 Å². The van der Waals surface area contributed by atoms with Crippen LogP contribution in [0.25, 0.3) is 0 Å². The van der Waals surface area contributed by atoms with E-state index in [1.807, 2.05) is 6.92 Å². The number of β-amino-alcohol motifs (C(OH)–C–C–N with tert-alkyl or cyclic N) is 1. The van der Waals surface area contributed by atoms with Crippen LogP contribution in [-0.4, -0.2) is 42.4 Å². The largest absolute Gasteiger partial charge is 0.392 e. The Bertz CT molecular complexity index is 419. The first-order valence-electron chi connectivity index (χ1n) is 7.19. The SMILES string of the molecule is CC[C@@H](O)CN1CCOC(c2ccc(C)cc2C)C1. The Morgan fingerprint density at radius 2 is 2.21 bits per heavy atom. The summed E-state index contributed by atoms with van der Waals surface area (Å²) < 4.78 is 5.91. The Hall–Kier alpha value is -0.900. The van der Waals surface area contributed by atoms with Crippen LogP contribution in [0.2, 0.25) is 0 Å². The van der Waals surface area contributed by atoms with E-state index >= 15 is 0 Å². The van der Waals surface area contributed by atoms with Gasteiger partial charge in [-0.3, -0.25) is 4.90 Å². The number of aryl methyl sites for hydroxylation is 2. The van der Waals surface area contributed by atoms with E-state index in [4.69, 9.17) is 4.74 Å². The third-order valence-electron chi connectivity index (χ3n) is 3.86. The lowest BCUT2D eigenvalue weighted by molar-refractivity contribution is -0.0425. The Morgan fingerprint density at radius 3 is 2.89 bits per heavy atom. The standard InChI is InChI=1S/C16H25NO2/c1-4-14(18)10-17-7-8-19-16(11-17)15-6-5-12(2)9-13(15)3/h5-6,9,14,16,18H,4,7-8,10-11H2,1-3H3/t14-,16?/m1/s1. The van der Waals surface area contributed by atoms with Crippen LogP contribution in [0.3, 0.4) is 0 Å². The molecule has 3 nitrogen and oxygen atoms in total. The van der Waals surface area contributed by atoms with Gasteiger partial charge in [-0.1, -0.05) is 30.7 Å². The maximum atomic E-state index is 9.78. The number of aliphatic hydroxyl groups excluding tert-OH is 1. The lowest BCUT2D eigenvalue weighted by Crippen LogP contribution is -2.42. The van der Waals surface area contributed by atoms with E-state index in [1.54, 1.807) is 0 Å². The van der Waals surface area contributed by atoms with E-state index in [0.717, 1.165) is 32.7 Å². The first-order chi connectivity index (χ1) is 9.10. The summed E-state index contributed by atoms with van der Waals surface area (Å²) in [5.74, 6) is 0. The molecule has 1 unspecified atom stereocenters. The van der Waals surface area contributed by atoms with Crippen molar-refractivity contribution < 1.29 is 9.84 Å². The predicted octanol–water partition coefficient (Wildman–Crippen LogP) is 2.45. The van der Waals surface area contributed by atoms with Gasteiger partial charge in [-0.2, -0.15) is 0 Å². The molecule has 1 aliphatic heterocycles. The molecule has 2 rings (SSSR count). The number of hydrogen-bond donors (Lipinski definition) is 1. The maximum absolute atomic E-state index is 9.78. The van der Waals surface area contributed by atoms with E-state index in [2.05, 4.69) is 36.9 Å². The zero-order valence-corrected chi connectivity index (χ0v) is 12.2. The van der Waals surface area contributed by atoms with Gasteiger partial charge in [0.25, 0.3) is 0 Å². The second-order valence-electron chi connectivity index (χ2n) is 5.54. The van der Waals surface area contributed by atoms with Crippen molar-refractivity contribution in [2.75, 3.05) is 26.2 Å². The fraction of sp³-hybridized carbons (Fsp3) is 0.625. The third kappa shape index (κ3) is 3.78. The molecule has 1 heterocycles. The summed E-state index contributed by atoms with van der Waals surface area (Å²) in [4.78, 5) is 2.31. The topological polar surface area (TPSA) is 32.7 Å². The van der Waals surface area contributed by atoms with Gasteiger partial charge in [-0.25, -0.2) is 0 Å². The number of benzene rings is 1. The molecule has 106 valence electrons. The van der Waals surface area contributed by atoms with Gasteiger partial charge >= 0.3 is 0 Å². The molecule has 1 aliphatic rings.